The van der Waals surface area contributed by atoms with E-state index >= 15 is 0 Å². The zero-order valence-electron chi connectivity index (χ0n) is 31.8. The largest absolute Gasteiger partial charge is 0.480 e. The van der Waals surface area contributed by atoms with Gasteiger partial charge in [-0.1, -0.05) is 0 Å². The Bertz CT molecular complexity index is 1440. The van der Waals surface area contributed by atoms with Crippen LogP contribution in [0.15, 0.2) is 0 Å². The molecular formula is C31H53BN10O16. The number of likely N-dealkylation sites (tertiary alicyclic amines) is 1. The third kappa shape index (κ3) is 23.6. The lowest BCUT2D eigenvalue weighted by atomic mass is 9.78. The number of carboxylic acid groups (broad SMARTS) is 4. The van der Waals surface area contributed by atoms with Gasteiger partial charge in [0.25, 0.3) is 0 Å². The molecule has 2 atom stereocenters. The van der Waals surface area contributed by atoms with Crippen molar-refractivity contribution in [2.24, 2.45) is 0 Å². The summed E-state index contributed by atoms with van der Waals surface area (Å²) in [6.07, 6.45) is 0.444. The Morgan fingerprint density at radius 3 is 1.52 bits per heavy atom. The molecule has 0 aromatic heterocycles. The maximum absolute atomic E-state index is 12.3. The second-order valence-electron chi connectivity index (χ2n) is 12.9. The molecule has 326 valence electrons. The third-order valence-corrected chi connectivity index (χ3v) is 8.29. The van der Waals surface area contributed by atoms with Crippen LogP contribution in [0.2, 0.25) is 0 Å². The van der Waals surface area contributed by atoms with Gasteiger partial charge in [0.1, 0.15) is 6.04 Å². The van der Waals surface area contributed by atoms with Crippen LogP contribution in [-0.2, 0) is 47.9 Å². The van der Waals surface area contributed by atoms with Crippen molar-refractivity contribution in [3.63, 3.8) is 0 Å². The minimum absolute atomic E-state index is 0.0202. The first-order chi connectivity index (χ1) is 27.4. The fraction of sp³-hybridized carbons (Fsp3) is 0.677. The summed E-state index contributed by atoms with van der Waals surface area (Å²) in [7, 11) is -1.71. The minimum atomic E-state index is -1.71. The van der Waals surface area contributed by atoms with Gasteiger partial charge in [-0.2, -0.15) is 0 Å². The van der Waals surface area contributed by atoms with Crippen LogP contribution in [0.1, 0.15) is 25.7 Å². The van der Waals surface area contributed by atoms with Crippen LogP contribution in [0.3, 0.4) is 0 Å². The highest BCUT2D eigenvalue weighted by Gasteiger charge is 2.36. The van der Waals surface area contributed by atoms with Crippen LogP contribution < -0.4 is 37.2 Å². The lowest BCUT2D eigenvalue weighted by molar-refractivity contribution is -0.141. The number of carbonyl (C=O) groups excluding carboxylic acids is 6. The van der Waals surface area contributed by atoms with E-state index in [0.29, 0.717) is 19.4 Å². The van der Waals surface area contributed by atoms with Gasteiger partial charge in [0.2, 0.25) is 35.4 Å². The Kier molecular flexibility index (Phi) is 24.4. The first kappa shape index (κ1) is 50.5. The second-order valence-corrected chi connectivity index (χ2v) is 12.9. The summed E-state index contributed by atoms with van der Waals surface area (Å²) in [4.78, 5) is 122. The summed E-state index contributed by atoms with van der Waals surface area (Å²) in [5.74, 6) is -9.73. The normalized spacial score (nSPS) is 14.0. The summed E-state index contributed by atoms with van der Waals surface area (Å²) in [5, 5.41) is 72.0. The van der Waals surface area contributed by atoms with Crippen molar-refractivity contribution in [1.82, 2.24) is 51.9 Å². The van der Waals surface area contributed by atoms with E-state index in [2.05, 4.69) is 37.2 Å². The van der Waals surface area contributed by atoms with Crippen LogP contribution in [-0.4, -0.2) is 222 Å². The second kappa shape index (κ2) is 28.0. The molecule has 1 fully saturated rings. The summed E-state index contributed by atoms with van der Waals surface area (Å²) >= 11 is 0. The molecular weight excluding hydrogens is 779 g/mol. The highest BCUT2D eigenvalue weighted by atomic mass is 16.4. The summed E-state index contributed by atoms with van der Waals surface area (Å²) in [5.41, 5.74) is 0. The van der Waals surface area contributed by atoms with Gasteiger partial charge in [0, 0.05) is 52.2 Å². The molecule has 1 heterocycles. The van der Waals surface area contributed by atoms with Crippen molar-refractivity contribution < 1.29 is 78.4 Å². The van der Waals surface area contributed by atoms with Gasteiger partial charge < -0.3 is 72.6 Å². The van der Waals surface area contributed by atoms with Gasteiger partial charge in [0.05, 0.1) is 58.3 Å². The Morgan fingerprint density at radius 2 is 1.07 bits per heavy atom. The van der Waals surface area contributed by atoms with Crippen molar-refractivity contribution in [3.05, 3.63) is 0 Å². The van der Waals surface area contributed by atoms with Crippen LogP contribution in [0.5, 0.6) is 0 Å². The minimum Gasteiger partial charge on any atom is -0.480 e. The summed E-state index contributed by atoms with van der Waals surface area (Å²) in [6.45, 7) is -2.92. The Balaban J connectivity index is 2.34. The maximum Gasteiger partial charge on any atom is 0.475 e. The molecule has 1 aliphatic rings. The molecule has 1 aliphatic heterocycles. The molecule has 1 saturated heterocycles. The number of carboxylic acids is 4. The van der Waals surface area contributed by atoms with E-state index in [-0.39, 0.29) is 65.2 Å². The van der Waals surface area contributed by atoms with E-state index in [4.69, 9.17) is 5.11 Å². The van der Waals surface area contributed by atoms with Crippen LogP contribution in [0, 0.1) is 0 Å². The van der Waals surface area contributed by atoms with Crippen LogP contribution in [0.25, 0.3) is 0 Å². The molecule has 0 aliphatic carbocycles. The quantitative estimate of drug-likeness (QED) is 0.0228. The topological polar surface area (TPSA) is 386 Å². The van der Waals surface area contributed by atoms with Crippen LogP contribution >= 0.6 is 0 Å². The van der Waals surface area contributed by atoms with E-state index in [9.17, 15) is 73.3 Å². The highest BCUT2D eigenvalue weighted by molar-refractivity contribution is 6.43. The number of hydrogen-bond donors (Lipinski definition) is 13. The smallest absolute Gasteiger partial charge is 0.475 e. The van der Waals surface area contributed by atoms with E-state index in [1.807, 2.05) is 0 Å². The van der Waals surface area contributed by atoms with Gasteiger partial charge >= 0.3 is 31.0 Å². The fourth-order valence-electron chi connectivity index (χ4n) is 5.36. The molecule has 26 nitrogen and oxygen atoms in total. The van der Waals surface area contributed by atoms with Gasteiger partial charge in [0.15, 0.2) is 0 Å². The number of aliphatic carboxylic acids is 4. The molecule has 0 saturated carbocycles. The van der Waals surface area contributed by atoms with E-state index < -0.39 is 118 Å². The molecule has 0 radical (unpaired) electrons. The van der Waals surface area contributed by atoms with Crippen molar-refractivity contribution in [3.8, 4) is 0 Å². The summed E-state index contributed by atoms with van der Waals surface area (Å²) < 4.78 is 0. The molecule has 6 amide bonds. The molecule has 0 unspecified atom stereocenters. The third-order valence-electron chi connectivity index (χ3n) is 8.29. The van der Waals surface area contributed by atoms with Gasteiger partial charge in [-0.25, -0.2) is 0 Å². The molecule has 13 N–H and O–H groups in total. The predicted octanol–water partition coefficient (Wildman–Crippen LogP) is -8.16. The van der Waals surface area contributed by atoms with Gasteiger partial charge in [-0.15, -0.1) is 0 Å². The lowest BCUT2D eigenvalue weighted by Gasteiger charge is -2.26. The average molecular weight is 833 g/mol. The zero-order valence-corrected chi connectivity index (χ0v) is 31.8. The number of nitrogens with one attached hydrogen (secondary N) is 7. The SMILES string of the molecule is O=C(O)CNCCN(CCN(CCN[C@H](CCC(=O)NCC(=O)NCC(=O)NCC(=O)NCC(=O)NCC(=O)N1CCC[C@H]1B(O)O)C(=O)O)CC(=O)O)CC(=O)O. The highest BCUT2D eigenvalue weighted by Crippen LogP contribution is 2.17. The zero-order chi connectivity index (χ0) is 43.6. The van der Waals surface area contributed by atoms with Crippen molar-refractivity contribution in [2.75, 3.05) is 98.2 Å². The molecule has 0 aromatic rings. The maximum atomic E-state index is 12.3. The molecule has 58 heavy (non-hydrogen) atoms. The number of hydrogen-bond acceptors (Lipinski definition) is 16. The Labute approximate surface area is 332 Å². The first-order valence-electron chi connectivity index (χ1n) is 18.1. The number of rotatable bonds is 31. The summed E-state index contributed by atoms with van der Waals surface area (Å²) in [6, 6.07) is -1.23. The van der Waals surface area contributed by atoms with Crippen molar-refractivity contribution in [2.45, 2.75) is 37.7 Å². The standard InChI is InChI=1S/C31H53BN10O16/c43-22(4-3-20(31(55)56)34-6-9-41(19-30(53)54)11-10-40(18-29(51)52)8-5-33-17-28(49)50)35-12-23(44)36-13-24(45)37-14-25(46)38-15-26(47)39-16-27(48)42-7-1-2-21(42)32(57)58/h20-21,33-34,57-58H,1-19H2,(H,35,43)(H,36,44)(H,37,45)(H,38,46)(H,39,47)(H,49,50)(H,51,52)(H,53,54)(H,55,56)/t20-,21+/m1/s1. The van der Waals surface area contributed by atoms with E-state index in [0.717, 1.165) is 0 Å². The van der Waals surface area contributed by atoms with Gasteiger partial charge in [-0.05, 0) is 19.3 Å². The van der Waals surface area contributed by atoms with Gasteiger partial charge in [-0.3, -0.25) is 57.7 Å². The molecule has 0 spiro atoms. The van der Waals surface area contributed by atoms with E-state index in [1.54, 1.807) is 0 Å². The fourth-order valence-corrected chi connectivity index (χ4v) is 5.36. The number of amides is 6. The lowest BCUT2D eigenvalue weighted by Crippen LogP contribution is -2.50. The number of carbonyl (C=O) groups is 10. The van der Waals surface area contributed by atoms with Crippen molar-refractivity contribution >= 4 is 66.4 Å². The molecule has 1 rings (SSSR count). The Morgan fingerprint density at radius 1 is 0.603 bits per heavy atom. The predicted molar refractivity (Wildman–Crippen MR) is 197 cm³/mol. The first-order valence-corrected chi connectivity index (χ1v) is 18.1. The molecule has 0 aromatic carbocycles. The van der Waals surface area contributed by atoms with E-state index in [1.165, 1.54) is 14.7 Å². The van der Waals surface area contributed by atoms with Crippen molar-refractivity contribution in [1.29, 1.82) is 0 Å². The van der Waals surface area contributed by atoms with Crippen LogP contribution in [0.4, 0.5) is 0 Å². The Hall–Kier alpha value is -5.48. The number of nitrogens with zero attached hydrogens (tertiary/aromatic N) is 3. The monoisotopic (exact) mass is 832 g/mol. The molecule has 27 heteroatoms. The molecule has 0 bridgehead atoms. The average Bonchev–Trinajstić information content (AvgIpc) is 3.65.